The van der Waals surface area contributed by atoms with Gasteiger partial charge in [-0.2, -0.15) is 0 Å². The highest BCUT2D eigenvalue weighted by atomic mass is 16.6. The van der Waals surface area contributed by atoms with Gasteiger partial charge in [-0.15, -0.1) is 0 Å². The molecule has 0 amide bonds. The molecule has 75 heavy (non-hydrogen) atoms. The van der Waals surface area contributed by atoms with Crippen molar-refractivity contribution < 1.29 is 28.6 Å². The van der Waals surface area contributed by atoms with Crippen LogP contribution < -0.4 is 0 Å². The van der Waals surface area contributed by atoms with E-state index in [-0.39, 0.29) is 31.1 Å². The number of esters is 3. The monoisotopic (exact) mass is 1040 g/mol. The van der Waals surface area contributed by atoms with Gasteiger partial charge in [-0.05, 0) is 109 Å². The number of carbonyl (C=O) groups is 3. The van der Waals surface area contributed by atoms with E-state index >= 15 is 0 Å². The Kier molecular flexibility index (Phi) is 60.3. The summed E-state index contributed by atoms with van der Waals surface area (Å²) >= 11 is 0. The molecule has 1 atom stereocenters. The van der Waals surface area contributed by atoms with Crippen molar-refractivity contribution in [2.45, 2.75) is 322 Å². The van der Waals surface area contributed by atoms with Crippen molar-refractivity contribution >= 4 is 17.9 Å². The van der Waals surface area contributed by atoms with Crippen LogP contribution in [0.3, 0.4) is 0 Å². The Morgan fingerprint density at radius 3 is 0.827 bits per heavy atom. The molecule has 0 aromatic rings. The molecule has 0 radical (unpaired) electrons. The standard InChI is InChI=1S/C69H120O6/c1-4-7-10-13-16-19-22-25-28-31-32-33-34-35-36-39-41-44-47-50-53-56-59-62-68(71)74-65-66(75-69(72)63-60-57-54-51-48-45-42-38-30-27-24-21-18-15-12-9-6-3)64-73-67(70)61-58-55-52-49-46-43-40-37-29-26-23-20-17-14-11-8-5-2/h8-9,11-12,17-18,20-21,26-27,29-32,66H,4-7,10,13-16,19,22-25,28,33-65H2,1-3H3/b11-8-,12-9-,20-17-,21-18-,29-26-,30-27-,32-31-. The van der Waals surface area contributed by atoms with Crippen LogP contribution in [0.2, 0.25) is 0 Å². The van der Waals surface area contributed by atoms with Crippen molar-refractivity contribution in [1.29, 1.82) is 0 Å². The van der Waals surface area contributed by atoms with Gasteiger partial charge in [0.25, 0.3) is 0 Å². The van der Waals surface area contributed by atoms with Crippen LogP contribution in [0.4, 0.5) is 0 Å². The first-order valence-electron chi connectivity index (χ1n) is 32.1. The van der Waals surface area contributed by atoms with E-state index in [9.17, 15) is 14.4 Å². The Hall–Kier alpha value is -3.41. The highest BCUT2D eigenvalue weighted by Gasteiger charge is 2.19. The van der Waals surface area contributed by atoms with Crippen molar-refractivity contribution in [3.63, 3.8) is 0 Å². The summed E-state index contributed by atoms with van der Waals surface area (Å²) in [5.74, 6) is -0.892. The largest absolute Gasteiger partial charge is 0.462 e. The summed E-state index contributed by atoms with van der Waals surface area (Å²) in [6.07, 6.45) is 83.0. The Balaban J connectivity index is 4.35. The summed E-state index contributed by atoms with van der Waals surface area (Å²) in [5.41, 5.74) is 0. The van der Waals surface area contributed by atoms with Gasteiger partial charge in [-0.1, -0.05) is 273 Å². The average molecular weight is 1050 g/mol. The normalized spacial score (nSPS) is 12.6. The number of unbranched alkanes of at least 4 members (excludes halogenated alkanes) is 33. The van der Waals surface area contributed by atoms with Crippen LogP contribution in [0.25, 0.3) is 0 Å². The molecule has 0 rings (SSSR count). The number of hydrogen-bond donors (Lipinski definition) is 0. The zero-order valence-electron chi connectivity index (χ0n) is 49.6. The average Bonchev–Trinajstić information content (AvgIpc) is 3.41. The van der Waals surface area contributed by atoms with Gasteiger partial charge in [0.05, 0.1) is 0 Å². The molecule has 0 aliphatic carbocycles. The number of allylic oxidation sites excluding steroid dienone is 14. The lowest BCUT2D eigenvalue weighted by atomic mass is 10.0. The quantitative estimate of drug-likeness (QED) is 0.0261. The van der Waals surface area contributed by atoms with Crippen LogP contribution in [0.15, 0.2) is 85.1 Å². The minimum atomic E-state index is -0.788. The number of ether oxygens (including phenoxy) is 3. The van der Waals surface area contributed by atoms with Crippen molar-refractivity contribution in [3.8, 4) is 0 Å². The lowest BCUT2D eigenvalue weighted by molar-refractivity contribution is -0.167. The lowest BCUT2D eigenvalue weighted by Gasteiger charge is -2.18. The van der Waals surface area contributed by atoms with Gasteiger partial charge in [0.15, 0.2) is 6.10 Å². The van der Waals surface area contributed by atoms with Gasteiger partial charge in [-0.25, -0.2) is 0 Å². The maximum Gasteiger partial charge on any atom is 0.306 e. The zero-order chi connectivity index (χ0) is 54.3. The van der Waals surface area contributed by atoms with E-state index in [2.05, 4.69) is 106 Å². The fourth-order valence-electron chi connectivity index (χ4n) is 9.12. The predicted molar refractivity (Wildman–Crippen MR) is 325 cm³/mol. The van der Waals surface area contributed by atoms with E-state index in [0.29, 0.717) is 19.3 Å². The molecule has 6 heteroatoms. The van der Waals surface area contributed by atoms with Gasteiger partial charge >= 0.3 is 17.9 Å². The highest BCUT2D eigenvalue weighted by molar-refractivity contribution is 5.71. The first kappa shape index (κ1) is 71.6. The summed E-state index contributed by atoms with van der Waals surface area (Å²) in [4.78, 5) is 38.3. The molecule has 1 unspecified atom stereocenters. The third kappa shape index (κ3) is 61.3. The van der Waals surface area contributed by atoms with Crippen molar-refractivity contribution in [3.05, 3.63) is 85.1 Å². The molecular formula is C69H120O6. The van der Waals surface area contributed by atoms with Gasteiger partial charge in [-0.3, -0.25) is 14.4 Å². The topological polar surface area (TPSA) is 78.9 Å². The molecule has 0 aliphatic rings. The highest BCUT2D eigenvalue weighted by Crippen LogP contribution is 2.16. The summed E-state index contributed by atoms with van der Waals surface area (Å²) < 4.78 is 16.9. The second-order valence-corrected chi connectivity index (χ2v) is 21.3. The fraction of sp³-hybridized carbons (Fsp3) is 0.754. The first-order chi connectivity index (χ1) is 37.0. The van der Waals surface area contributed by atoms with E-state index in [1.54, 1.807) is 0 Å². The molecule has 0 N–H and O–H groups in total. The Morgan fingerprint density at radius 1 is 0.280 bits per heavy atom. The molecule has 0 bridgehead atoms. The Labute approximate surface area is 465 Å². The molecule has 0 aromatic heterocycles. The molecule has 0 aromatic carbocycles. The molecule has 0 spiro atoms. The van der Waals surface area contributed by atoms with Gasteiger partial charge < -0.3 is 14.2 Å². The summed E-state index contributed by atoms with van der Waals surface area (Å²) in [6, 6.07) is 0. The molecule has 0 saturated heterocycles. The van der Waals surface area contributed by atoms with Crippen LogP contribution in [0.5, 0.6) is 0 Å². The SMILES string of the molecule is CC/C=C\C/C=C\C/C=C\CCCCCCCCCC(=O)OCC(COC(=O)CCCCCCCCCCCCC/C=C\CCCCCCCCCC)OC(=O)CCCCCCCCC/C=C\C/C=C\C/C=C\CC. The lowest BCUT2D eigenvalue weighted by Crippen LogP contribution is -2.30. The van der Waals surface area contributed by atoms with Crippen LogP contribution in [-0.2, 0) is 28.6 Å². The maximum atomic E-state index is 12.9. The summed E-state index contributed by atoms with van der Waals surface area (Å²) in [7, 11) is 0. The minimum Gasteiger partial charge on any atom is -0.462 e. The molecule has 0 saturated carbocycles. The molecule has 0 aliphatic heterocycles. The van der Waals surface area contributed by atoms with Gasteiger partial charge in [0.2, 0.25) is 0 Å². The number of hydrogen-bond acceptors (Lipinski definition) is 6. The molecule has 6 nitrogen and oxygen atoms in total. The zero-order valence-corrected chi connectivity index (χ0v) is 49.6. The number of rotatable bonds is 58. The Morgan fingerprint density at radius 2 is 0.520 bits per heavy atom. The van der Waals surface area contributed by atoms with Crippen LogP contribution in [-0.4, -0.2) is 37.2 Å². The molecular weight excluding hydrogens is 925 g/mol. The van der Waals surface area contributed by atoms with E-state index in [1.165, 1.54) is 167 Å². The van der Waals surface area contributed by atoms with Crippen LogP contribution >= 0.6 is 0 Å². The second kappa shape index (κ2) is 63.1. The first-order valence-corrected chi connectivity index (χ1v) is 32.1. The van der Waals surface area contributed by atoms with Gasteiger partial charge in [0, 0.05) is 19.3 Å². The smallest absolute Gasteiger partial charge is 0.306 e. The predicted octanol–water partition coefficient (Wildman–Crippen LogP) is 21.9. The van der Waals surface area contributed by atoms with E-state index in [1.807, 2.05) is 0 Å². The molecule has 0 heterocycles. The van der Waals surface area contributed by atoms with Crippen molar-refractivity contribution in [2.75, 3.05) is 13.2 Å². The summed E-state index contributed by atoms with van der Waals surface area (Å²) in [6.45, 7) is 6.44. The molecule has 0 fully saturated rings. The Bertz CT molecular complexity index is 1430. The summed E-state index contributed by atoms with van der Waals surface area (Å²) in [5, 5.41) is 0. The fourth-order valence-corrected chi connectivity index (χ4v) is 9.12. The number of carbonyl (C=O) groups excluding carboxylic acids is 3. The third-order valence-corrected chi connectivity index (χ3v) is 13.9. The van der Waals surface area contributed by atoms with E-state index in [4.69, 9.17) is 14.2 Å². The van der Waals surface area contributed by atoms with Crippen LogP contribution in [0.1, 0.15) is 316 Å². The third-order valence-electron chi connectivity index (χ3n) is 13.9. The van der Waals surface area contributed by atoms with Crippen molar-refractivity contribution in [2.24, 2.45) is 0 Å². The van der Waals surface area contributed by atoms with E-state index in [0.717, 1.165) is 109 Å². The van der Waals surface area contributed by atoms with Crippen molar-refractivity contribution in [1.82, 2.24) is 0 Å². The second-order valence-electron chi connectivity index (χ2n) is 21.3. The van der Waals surface area contributed by atoms with Gasteiger partial charge in [0.1, 0.15) is 13.2 Å². The van der Waals surface area contributed by atoms with Crippen LogP contribution in [0, 0.1) is 0 Å². The molecule has 432 valence electrons. The maximum absolute atomic E-state index is 12.9. The van der Waals surface area contributed by atoms with E-state index < -0.39 is 6.10 Å². The minimum absolute atomic E-state index is 0.0831.